The van der Waals surface area contributed by atoms with E-state index in [0.717, 1.165) is 0 Å². The molecule has 11 heteroatoms. The van der Waals surface area contributed by atoms with Crippen LogP contribution in [0.4, 0.5) is 17.1 Å². The Balaban J connectivity index is 1.91. The molecular formula is C23H20Cl2N4O4S. The molecule has 1 fully saturated rings. The highest BCUT2D eigenvalue weighted by Gasteiger charge is 2.50. The second-order valence-electron chi connectivity index (χ2n) is 8.05. The number of nitrogens with zero attached hydrogens (tertiary/aromatic N) is 3. The van der Waals surface area contributed by atoms with Gasteiger partial charge in [-0.25, -0.2) is 0 Å². The van der Waals surface area contributed by atoms with Crippen molar-refractivity contribution < 1.29 is 19.5 Å². The average Bonchev–Trinajstić information content (AvgIpc) is 2.93. The Hall–Kier alpha value is -3.19. The maximum absolute atomic E-state index is 13.3. The molecule has 0 bridgehead atoms. The Morgan fingerprint density at radius 2 is 1.79 bits per heavy atom. The van der Waals surface area contributed by atoms with E-state index < -0.39 is 11.5 Å². The van der Waals surface area contributed by atoms with Crippen LogP contribution in [0.25, 0.3) is 0 Å². The van der Waals surface area contributed by atoms with Gasteiger partial charge in [-0.15, -0.1) is 0 Å². The molecular weight excluding hydrogens is 499 g/mol. The monoisotopic (exact) mass is 518 g/mol. The second kappa shape index (κ2) is 9.97. The van der Waals surface area contributed by atoms with Crippen molar-refractivity contribution in [3.8, 4) is 6.07 Å². The minimum Gasteiger partial charge on any atom is -0.481 e. The van der Waals surface area contributed by atoms with Crippen molar-refractivity contribution in [3.05, 3.63) is 52.0 Å². The molecule has 2 amide bonds. The molecule has 34 heavy (non-hydrogen) atoms. The summed E-state index contributed by atoms with van der Waals surface area (Å²) in [6.45, 7) is 3.43. The standard InChI is InChI=1S/C23H20Cl2N4O4S/c1-23(2)21(33)28(14-7-6-13(12-26)17(25)10-14)22(34)29(23)15-8-9-16(24)18(11-15)27-19(30)4-3-5-20(31)32/h6-11H,3-5H2,1-2H3,(H,27,30)(H,31,32). The zero-order valence-electron chi connectivity index (χ0n) is 18.3. The van der Waals surface area contributed by atoms with Gasteiger partial charge in [0.25, 0.3) is 5.91 Å². The lowest BCUT2D eigenvalue weighted by Crippen LogP contribution is -2.44. The largest absolute Gasteiger partial charge is 0.481 e. The summed E-state index contributed by atoms with van der Waals surface area (Å²) in [5.74, 6) is -1.66. The normalized spacial score (nSPS) is 14.8. The third-order valence-electron chi connectivity index (χ3n) is 5.28. The smallest absolute Gasteiger partial charge is 0.303 e. The molecule has 0 unspecified atom stereocenters. The number of hydrogen-bond donors (Lipinski definition) is 2. The minimum atomic E-state index is -1.08. The fourth-order valence-electron chi connectivity index (χ4n) is 3.55. The maximum Gasteiger partial charge on any atom is 0.303 e. The highest BCUT2D eigenvalue weighted by Crippen LogP contribution is 2.39. The first-order valence-electron chi connectivity index (χ1n) is 10.2. The van der Waals surface area contributed by atoms with Gasteiger partial charge in [0.2, 0.25) is 5.91 Å². The summed E-state index contributed by atoms with van der Waals surface area (Å²) < 4.78 is 0. The summed E-state index contributed by atoms with van der Waals surface area (Å²) in [7, 11) is 0. The summed E-state index contributed by atoms with van der Waals surface area (Å²) >= 11 is 18.1. The Morgan fingerprint density at radius 3 is 2.41 bits per heavy atom. The van der Waals surface area contributed by atoms with E-state index in [-0.39, 0.29) is 51.8 Å². The molecule has 2 aromatic carbocycles. The summed E-state index contributed by atoms with van der Waals surface area (Å²) in [6.07, 6.45) is 0.0965. The molecule has 3 rings (SSSR count). The van der Waals surface area contributed by atoms with Crippen molar-refractivity contribution in [2.24, 2.45) is 0 Å². The lowest BCUT2D eigenvalue weighted by Gasteiger charge is -2.30. The highest BCUT2D eigenvalue weighted by atomic mass is 35.5. The maximum atomic E-state index is 13.3. The molecule has 8 nitrogen and oxygen atoms in total. The van der Waals surface area contributed by atoms with E-state index in [1.54, 1.807) is 43.0 Å². The van der Waals surface area contributed by atoms with Crippen molar-refractivity contribution in [2.75, 3.05) is 15.1 Å². The van der Waals surface area contributed by atoms with Gasteiger partial charge in [0, 0.05) is 18.5 Å². The number of thiocarbonyl (C=S) groups is 1. The number of aliphatic carboxylic acids is 1. The van der Waals surface area contributed by atoms with Crippen LogP contribution in [0.2, 0.25) is 10.0 Å². The first-order valence-corrected chi connectivity index (χ1v) is 11.3. The molecule has 0 radical (unpaired) electrons. The summed E-state index contributed by atoms with van der Waals surface area (Å²) in [6, 6.07) is 11.5. The molecule has 176 valence electrons. The number of halogens is 2. The molecule has 1 aliphatic heterocycles. The number of carboxylic acids is 1. The van der Waals surface area contributed by atoms with E-state index in [0.29, 0.717) is 17.1 Å². The second-order valence-corrected chi connectivity index (χ2v) is 9.23. The van der Waals surface area contributed by atoms with E-state index in [2.05, 4.69) is 5.32 Å². The molecule has 0 saturated carbocycles. The van der Waals surface area contributed by atoms with Gasteiger partial charge in [0.15, 0.2) is 5.11 Å². The van der Waals surface area contributed by atoms with Gasteiger partial charge < -0.3 is 15.3 Å². The number of anilines is 3. The van der Waals surface area contributed by atoms with Crippen LogP contribution in [0.15, 0.2) is 36.4 Å². The number of rotatable bonds is 7. The van der Waals surface area contributed by atoms with Crippen LogP contribution in [0.5, 0.6) is 0 Å². The third-order valence-corrected chi connectivity index (χ3v) is 6.28. The number of carboxylic acid groups (broad SMARTS) is 1. The van der Waals surface area contributed by atoms with Crippen LogP contribution in [0.3, 0.4) is 0 Å². The number of carbonyl (C=O) groups excluding carboxylic acids is 2. The fourth-order valence-corrected chi connectivity index (χ4v) is 4.45. The molecule has 0 aliphatic carbocycles. The predicted molar refractivity (Wildman–Crippen MR) is 134 cm³/mol. The Morgan fingerprint density at radius 1 is 1.12 bits per heavy atom. The molecule has 1 heterocycles. The Kier molecular flexibility index (Phi) is 7.46. The van der Waals surface area contributed by atoms with Gasteiger partial charge in [-0.1, -0.05) is 23.2 Å². The summed E-state index contributed by atoms with van der Waals surface area (Å²) in [4.78, 5) is 39.2. The molecule has 1 saturated heterocycles. The first-order chi connectivity index (χ1) is 16.0. The lowest BCUT2D eigenvalue weighted by atomic mass is 10.0. The lowest BCUT2D eigenvalue weighted by molar-refractivity contribution is -0.137. The van der Waals surface area contributed by atoms with E-state index in [1.165, 1.54) is 17.0 Å². The van der Waals surface area contributed by atoms with E-state index >= 15 is 0 Å². The molecule has 2 aromatic rings. The van der Waals surface area contributed by atoms with E-state index in [9.17, 15) is 14.4 Å². The van der Waals surface area contributed by atoms with E-state index in [1.807, 2.05) is 6.07 Å². The van der Waals surface area contributed by atoms with Crippen molar-refractivity contribution in [1.29, 1.82) is 5.26 Å². The topological polar surface area (TPSA) is 114 Å². The van der Waals surface area contributed by atoms with Gasteiger partial charge in [-0.3, -0.25) is 19.3 Å². The molecule has 2 N–H and O–H groups in total. The van der Waals surface area contributed by atoms with Gasteiger partial charge >= 0.3 is 5.97 Å². The average molecular weight is 519 g/mol. The fraction of sp³-hybridized carbons (Fsp3) is 0.261. The van der Waals surface area contributed by atoms with E-state index in [4.69, 9.17) is 45.8 Å². The number of carbonyl (C=O) groups is 3. The molecule has 0 aromatic heterocycles. The van der Waals surface area contributed by atoms with Gasteiger partial charge in [0.1, 0.15) is 11.6 Å². The molecule has 0 spiro atoms. The SMILES string of the molecule is CC1(C)C(=O)N(c2ccc(C#N)c(Cl)c2)C(=S)N1c1ccc(Cl)c(NC(=O)CCCC(=O)O)c1. The molecule has 0 atom stereocenters. The van der Waals surface area contributed by atoms with Crippen molar-refractivity contribution >= 4 is 75.4 Å². The number of benzene rings is 2. The Labute approximate surface area is 211 Å². The van der Waals surface area contributed by atoms with Crippen LogP contribution in [-0.2, 0) is 14.4 Å². The van der Waals surface area contributed by atoms with Crippen LogP contribution in [0.1, 0.15) is 38.7 Å². The zero-order valence-corrected chi connectivity index (χ0v) is 20.6. The van der Waals surface area contributed by atoms with Gasteiger partial charge in [-0.05, 0) is 68.9 Å². The quantitative estimate of drug-likeness (QED) is 0.497. The molecule has 1 aliphatic rings. The van der Waals surface area contributed by atoms with Crippen LogP contribution in [-0.4, -0.2) is 33.5 Å². The summed E-state index contributed by atoms with van der Waals surface area (Å²) in [5.41, 5.74) is 0.464. The first kappa shape index (κ1) is 25.4. The number of amides is 2. The summed E-state index contributed by atoms with van der Waals surface area (Å²) in [5, 5.41) is 21.2. The van der Waals surface area contributed by atoms with Gasteiger partial charge in [-0.2, -0.15) is 5.26 Å². The number of nitrogens with one attached hydrogen (secondary N) is 1. The van der Waals surface area contributed by atoms with Crippen molar-refractivity contribution in [2.45, 2.75) is 38.6 Å². The van der Waals surface area contributed by atoms with Crippen LogP contribution in [0, 0.1) is 11.3 Å². The van der Waals surface area contributed by atoms with Crippen molar-refractivity contribution in [1.82, 2.24) is 0 Å². The van der Waals surface area contributed by atoms with Crippen LogP contribution < -0.4 is 15.1 Å². The zero-order chi connectivity index (χ0) is 25.2. The number of hydrogen-bond acceptors (Lipinski definition) is 5. The number of nitriles is 1. The minimum absolute atomic E-state index is 0.0200. The highest BCUT2D eigenvalue weighted by molar-refractivity contribution is 7.81. The third kappa shape index (κ3) is 4.99. The van der Waals surface area contributed by atoms with Gasteiger partial charge in [0.05, 0.1) is 27.0 Å². The predicted octanol–water partition coefficient (Wildman–Crippen LogP) is 4.98. The van der Waals surface area contributed by atoms with Crippen molar-refractivity contribution in [3.63, 3.8) is 0 Å². The van der Waals surface area contributed by atoms with Crippen LogP contribution >= 0.6 is 35.4 Å². The Bertz CT molecular complexity index is 1240.